The van der Waals surface area contributed by atoms with Gasteiger partial charge in [-0.3, -0.25) is 9.59 Å². The summed E-state index contributed by atoms with van der Waals surface area (Å²) < 4.78 is 22.1. The summed E-state index contributed by atoms with van der Waals surface area (Å²) >= 11 is 0. The lowest BCUT2D eigenvalue weighted by atomic mass is 9.99. The summed E-state index contributed by atoms with van der Waals surface area (Å²) in [6, 6.07) is 0. The van der Waals surface area contributed by atoms with E-state index < -0.39 is 55.4 Å². The smallest absolute Gasteiger partial charge is 0.306 e. The Morgan fingerprint density at radius 3 is 1.52 bits per heavy atom. The molecule has 1 saturated heterocycles. The molecule has 6 atom stereocenters. The van der Waals surface area contributed by atoms with Gasteiger partial charge in [0.15, 0.2) is 12.4 Å². The molecule has 0 bridgehead atoms. The lowest BCUT2D eigenvalue weighted by molar-refractivity contribution is -0.305. The largest absolute Gasteiger partial charge is 0.462 e. The molecular weight excluding hydrogens is 712 g/mol. The number of rotatable bonds is 36. The van der Waals surface area contributed by atoms with E-state index in [0.717, 1.165) is 89.9 Å². The number of unbranched alkanes of at least 4 members (excludes halogenated alkanes) is 17. The van der Waals surface area contributed by atoms with Crippen LogP contribution in [0.3, 0.4) is 0 Å². The van der Waals surface area contributed by atoms with E-state index in [-0.39, 0.29) is 26.1 Å². The Balaban J connectivity index is 2.35. The van der Waals surface area contributed by atoms with Gasteiger partial charge in [0.2, 0.25) is 0 Å². The van der Waals surface area contributed by atoms with Crippen LogP contribution in [0.4, 0.5) is 0 Å². The van der Waals surface area contributed by atoms with E-state index in [1.54, 1.807) is 0 Å². The van der Waals surface area contributed by atoms with Gasteiger partial charge in [0.25, 0.3) is 0 Å². The third-order valence-corrected chi connectivity index (χ3v) is 9.94. The summed E-state index contributed by atoms with van der Waals surface area (Å²) in [5.41, 5.74) is 0. The Kier molecular flexibility index (Phi) is 34.1. The predicted molar refractivity (Wildman–Crippen MR) is 224 cm³/mol. The van der Waals surface area contributed by atoms with Crippen LogP contribution in [-0.4, -0.2) is 89.0 Å². The van der Waals surface area contributed by atoms with Crippen LogP contribution in [-0.2, 0) is 28.5 Å². The van der Waals surface area contributed by atoms with Crippen LogP contribution in [0.1, 0.15) is 174 Å². The molecule has 0 radical (unpaired) electrons. The summed E-state index contributed by atoms with van der Waals surface area (Å²) in [6.07, 6.45) is 35.4. The maximum atomic E-state index is 12.8. The number of allylic oxidation sites excluding steroid dienone is 8. The van der Waals surface area contributed by atoms with Crippen molar-refractivity contribution in [3.63, 3.8) is 0 Å². The second kappa shape index (κ2) is 37.0. The first kappa shape index (κ1) is 51.7. The number of carbonyl (C=O) groups is 2. The van der Waals surface area contributed by atoms with E-state index >= 15 is 0 Å². The van der Waals surface area contributed by atoms with Gasteiger partial charge >= 0.3 is 11.9 Å². The monoisotopic (exact) mass is 793 g/mol. The Hall–Kier alpha value is -2.34. The van der Waals surface area contributed by atoms with Crippen molar-refractivity contribution in [1.29, 1.82) is 0 Å². The Morgan fingerprint density at radius 2 is 1.00 bits per heavy atom. The summed E-state index contributed by atoms with van der Waals surface area (Å²) in [6.45, 7) is 3.34. The zero-order valence-corrected chi connectivity index (χ0v) is 35.1. The van der Waals surface area contributed by atoms with E-state index in [2.05, 4.69) is 62.5 Å². The highest BCUT2D eigenvalue weighted by Gasteiger charge is 2.44. The number of aliphatic hydroxyl groups excluding tert-OH is 4. The summed E-state index contributed by atoms with van der Waals surface area (Å²) in [5.74, 6) is -0.834. The molecule has 1 aliphatic heterocycles. The molecular formula is C46H80O10. The first-order chi connectivity index (χ1) is 27.3. The Labute approximate surface area is 339 Å². The molecule has 1 aliphatic rings. The Morgan fingerprint density at radius 1 is 0.554 bits per heavy atom. The van der Waals surface area contributed by atoms with E-state index in [4.69, 9.17) is 18.9 Å². The maximum absolute atomic E-state index is 12.8. The minimum atomic E-state index is -1.60. The standard InChI is InChI=1S/C46H80O10/c1-3-5-7-9-11-13-15-17-18-19-20-21-22-23-25-27-29-31-33-35-42(49)55-39(38-54-46-45(52)44(51)43(50)40(36-47)56-46)37-53-41(48)34-32-30-28-26-24-16-14-12-10-8-6-4-2/h11-14,17-18,20-21,39-40,43-47,50-52H,3-10,15-16,19,22-38H2,1-2H3/b13-11-,14-12-,18-17-,21-20-. The van der Waals surface area contributed by atoms with Crippen LogP contribution in [0.2, 0.25) is 0 Å². The van der Waals surface area contributed by atoms with Crippen LogP contribution in [0.25, 0.3) is 0 Å². The molecule has 0 aromatic heterocycles. The van der Waals surface area contributed by atoms with Crippen molar-refractivity contribution in [2.45, 2.75) is 211 Å². The SMILES string of the molecule is CCCCC/C=C\C/C=C\C/C=C\CCCCCCCCC(=O)OC(COC(=O)CCCCCCC/C=C\CCCCC)COC1OC(CO)C(O)C(O)C1O. The van der Waals surface area contributed by atoms with Gasteiger partial charge in [-0.2, -0.15) is 0 Å². The number of hydrogen-bond acceptors (Lipinski definition) is 10. The minimum Gasteiger partial charge on any atom is -0.462 e. The van der Waals surface area contributed by atoms with E-state index in [0.29, 0.717) is 12.8 Å². The molecule has 4 N–H and O–H groups in total. The molecule has 10 heteroatoms. The number of ether oxygens (including phenoxy) is 4. The third kappa shape index (κ3) is 28.1. The molecule has 0 spiro atoms. The first-order valence-electron chi connectivity index (χ1n) is 22.2. The van der Waals surface area contributed by atoms with Crippen LogP contribution in [0, 0.1) is 0 Å². The van der Waals surface area contributed by atoms with Crippen LogP contribution < -0.4 is 0 Å². The molecule has 324 valence electrons. The molecule has 0 aliphatic carbocycles. The van der Waals surface area contributed by atoms with Crippen molar-refractivity contribution in [2.75, 3.05) is 19.8 Å². The topological polar surface area (TPSA) is 152 Å². The quantitative estimate of drug-likeness (QED) is 0.0275. The van der Waals surface area contributed by atoms with Crippen molar-refractivity contribution in [3.8, 4) is 0 Å². The van der Waals surface area contributed by atoms with Crippen LogP contribution >= 0.6 is 0 Å². The van der Waals surface area contributed by atoms with Crippen LogP contribution in [0.15, 0.2) is 48.6 Å². The fourth-order valence-corrected chi connectivity index (χ4v) is 6.36. The normalized spacial score (nSPS) is 20.9. The first-order valence-corrected chi connectivity index (χ1v) is 22.2. The second-order valence-electron chi connectivity index (χ2n) is 15.1. The van der Waals surface area contributed by atoms with Crippen molar-refractivity contribution in [2.24, 2.45) is 0 Å². The fraction of sp³-hybridized carbons (Fsp3) is 0.783. The van der Waals surface area contributed by atoms with E-state index in [9.17, 15) is 30.0 Å². The van der Waals surface area contributed by atoms with Crippen molar-refractivity contribution >= 4 is 11.9 Å². The molecule has 1 heterocycles. The molecule has 1 rings (SSSR count). The molecule has 1 fully saturated rings. The molecule has 56 heavy (non-hydrogen) atoms. The second-order valence-corrected chi connectivity index (χ2v) is 15.1. The molecule has 0 aromatic rings. The van der Waals surface area contributed by atoms with Gasteiger partial charge in [0.05, 0.1) is 13.2 Å². The zero-order chi connectivity index (χ0) is 40.9. The van der Waals surface area contributed by atoms with Crippen molar-refractivity contribution in [3.05, 3.63) is 48.6 Å². The lowest BCUT2D eigenvalue weighted by Crippen LogP contribution is -2.59. The van der Waals surface area contributed by atoms with Gasteiger partial charge in [0, 0.05) is 12.8 Å². The third-order valence-electron chi connectivity index (χ3n) is 9.94. The van der Waals surface area contributed by atoms with Crippen molar-refractivity contribution in [1.82, 2.24) is 0 Å². The van der Waals surface area contributed by atoms with Gasteiger partial charge in [-0.25, -0.2) is 0 Å². The lowest BCUT2D eigenvalue weighted by Gasteiger charge is -2.39. The molecule has 0 saturated carbocycles. The molecule has 10 nitrogen and oxygen atoms in total. The highest BCUT2D eigenvalue weighted by Crippen LogP contribution is 2.22. The summed E-state index contributed by atoms with van der Waals surface area (Å²) in [7, 11) is 0. The van der Waals surface area contributed by atoms with Gasteiger partial charge in [-0.05, 0) is 77.0 Å². The summed E-state index contributed by atoms with van der Waals surface area (Å²) in [4.78, 5) is 25.3. The number of carbonyl (C=O) groups excluding carboxylic acids is 2. The average molecular weight is 793 g/mol. The molecule has 0 amide bonds. The van der Waals surface area contributed by atoms with Gasteiger partial charge in [0.1, 0.15) is 31.0 Å². The fourth-order valence-electron chi connectivity index (χ4n) is 6.36. The number of aliphatic hydroxyl groups is 4. The van der Waals surface area contributed by atoms with E-state index in [1.165, 1.54) is 44.9 Å². The summed E-state index contributed by atoms with van der Waals surface area (Å²) in [5, 5.41) is 40.0. The van der Waals surface area contributed by atoms with Crippen LogP contribution in [0.5, 0.6) is 0 Å². The molecule has 6 unspecified atom stereocenters. The van der Waals surface area contributed by atoms with Gasteiger partial charge in [-0.1, -0.05) is 133 Å². The highest BCUT2D eigenvalue weighted by molar-refractivity contribution is 5.70. The van der Waals surface area contributed by atoms with E-state index in [1.807, 2.05) is 0 Å². The number of hydrogen-bond donors (Lipinski definition) is 4. The van der Waals surface area contributed by atoms with Gasteiger partial charge in [-0.15, -0.1) is 0 Å². The molecule has 0 aromatic carbocycles. The maximum Gasteiger partial charge on any atom is 0.306 e. The Bertz CT molecular complexity index is 1050. The minimum absolute atomic E-state index is 0.212. The highest BCUT2D eigenvalue weighted by atomic mass is 16.7. The number of esters is 2. The van der Waals surface area contributed by atoms with Gasteiger partial charge < -0.3 is 39.4 Å². The zero-order valence-electron chi connectivity index (χ0n) is 35.1. The predicted octanol–water partition coefficient (Wildman–Crippen LogP) is 9.27. The van der Waals surface area contributed by atoms with Crippen molar-refractivity contribution < 1.29 is 49.0 Å². The average Bonchev–Trinajstić information content (AvgIpc) is 3.19.